The van der Waals surface area contributed by atoms with E-state index in [1.165, 1.54) is 12.2 Å². The Balaban J connectivity index is 1.63. The zero-order chi connectivity index (χ0) is 29.0. The highest BCUT2D eigenvalue weighted by Crippen LogP contribution is 2.39. The van der Waals surface area contributed by atoms with Crippen molar-refractivity contribution in [3.63, 3.8) is 0 Å². The van der Waals surface area contributed by atoms with Gasteiger partial charge >= 0.3 is 6.18 Å². The molecule has 2 aromatic carbocycles. The third kappa shape index (κ3) is 4.63. The van der Waals surface area contributed by atoms with Crippen LogP contribution in [0.3, 0.4) is 0 Å². The van der Waals surface area contributed by atoms with Crippen LogP contribution in [0.4, 0.5) is 13.2 Å². The van der Waals surface area contributed by atoms with E-state index in [9.17, 15) is 13.2 Å². The fourth-order valence-electron chi connectivity index (χ4n) is 5.48. The van der Waals surface area contributed by atoms with Crippen molar-refractivity contribution in [2.24, 2.45) is 0 Å². The molecule has 8 bridgehead atoms. The number of alkyl halides is 3. The molecule has 3 aromatic heterocycles. The molecular weight excluding hydrogens is 533 g/mol. The maximum absolute atomic E-state index is 14.7. The van der Waals surface area contributed by atoms with Crippen molar-refractivity contribution < 1.29 is 13.2 Å². The van der Waals surface area contributed by atoms with Crippen LogP contribution in [0.5, 0.6) is 0 Å². The highest BCUT2D eigenvalue weighted by atomic mass is 19.4. The number of H-pyrrole nitrogens is 2. The van der Waals surface area contributed by atoms with Gasteiger partial charge in [-0.1, -0.05) is 59.7 Å². The number of aryl methyl sites for hydroxylation is 2. The van der Waals surface area contributed by atoms with Crippen LogP contribution < -0.4 is 0 Å². The Morgan fingerprint density at radius 2 is 0.929 bits per heavy atom. The van der Waals surface area contributed by atoms with Gasteiger partial charge in [-0.25, -0.2) is 9.97 Å². The number of nitrogens with one attached hydrogen (secondary N) is 2. The Bertz CT molecular complexity index is 1930. The maximum Gasteiger partial charge on any atom is 0.420 e. The first-order valence-electron chi connectivity index (χ1n) is 13.6. The lowest BCUT2D eigenvalue weighted by Gasteiger charge is -2.09. The average Bonchev–Trinajstić information content (AvgIpc) is 3.76. The number of halogens is 3. The van der Waals surface area contributed by atoms with Gasteiger partial charge in [0.25, 0.3) is 0 Å². The van der Waals surface area contributed by atoms with Gasteiger partial charge in [-0.2, -0.15) is 13.2 Å². The molecule has 2 aliphatic heterocycles. The molecular formula is C35H25F3N4. The minimum atomic E-state index is -4.68. The van der Waals surface area contributed by atoms with Crippen LogP contribution in [0, 0.1) is 13.8 Å². The summed E-state index contributed by atoms with van der Waals surface area (Å²) in [6.07, 6.45) is 1.46. The molecule has 5 heterocycles. The summed E-state index contributed by atoms with van der Waals surface area (Å²) in [4.78, 5) is 16.0. The van der Waals surface area contributed by atoms with E-state index in [4.69, 9.17) is 0 Å². The second-order valence-corrected chi connectivity index (χ2v) is 10.6. The minimum absolute atomic E-state index is 0.170. The molecule has 42 heavy (non-hydrogen) atoms. The molecule has 0 radical (unpaired) electrons. The highest BCUT2D eigenvalue weighted by molar-refractivity contribution is 5.93. The molecule has 0 saturated heterocycles. The highest BCUT2D eigenvalue weighted by Gasteiger charge is 2.37. The number of nitrogens with zero attached hydrogens (tertiary/aromatic N) is 2. The predicted molar refractivity (Wildman–Crippen MR) is 164 cm³/mol. The summed E-state index contributed by atoms with van der Waals surface area (Å²) in [6, 6.07) is 25.5. The Hall–Kier alpha value is -5.17. The molecule has 0 saturated carbocycles. The topological polar surface area (TPSA) is 57.4 Å². The number of aromatic nitrogens is 4. The van der Waals surface area contributed by atoms with Crippen LogP contribution >= 0.6 is 0 Å². The number of benzene rings is 2. The van der Waals surface area contributed by atoms with Gasteiger partial charge in [0.2, 0.25) is 0 Å². The SMILES string of the molecule is Cc1ccc(-c2c3nc(c(C(F)(F)F)c4nc(c(-c5ccc(C)cc5)c5ccc(cc6ccc2[nH]6)[nH]5)C=C4)C=C3)cc1. The molecule has 0 aliphatic carbocycles. The Morgan fingerprint density at radius 1 is 0.524 bits per heavy atom. The van der Waals surface area contributed by atoms with E-state index in [-0.39, 0.29) is 11.4 Å². The molecule has 2 aliphatic rings. The lowest BCUT2D eigenvalue weighted by molar-refractivity contribution is -0.138. The van der Waals surface area contributed by atoms with E-state index in [0.29, 0.717) is 22.5 Å². The van der Waals surface area contributed by atoms with Crippen molar-refractivity contribution in [3.8, 4) is 22.3 Å². The van der Waals surface area contributed by atoms with E-state index in [1.807, 2.05) is 92.7 Å². The van der Waals surface area contributed by atoms with Crippen molar-refractivity contribution in [3.05, 3.63) is 118 Å². The molecule has 7 rings (SSSR count). The molecule has 7 heteroatoms. The van der Waals surface area contributed by atoms with Gasteiger partial charge in [0.1, 0.15) is 5.56 Å². The lowest BCUT2D eigenvalue weighted by Crippen LogP contribution is -2.10. The fraction of sp³-hybridized carbons (Fsp3) is 0.0857. The maximum atomic E-state index is 14.7. The summed E-state index contributed by atoms with van der Waals surface area (Å²) in [6.45, 7) is 3.98. The first-order chi connectivity index (χ1) is 20.2. The monoisotopic (exact) mass is 558 g/mol. The van der Waals surface area contributed by atoms with Crippen LogP contribution in [0.1, 0.15) is 39.5 Å². The predicted octanol–water partition coefficient (Wildman–Crippen LogP) is 9.63. The molecule has 0 unspecified atom stereocenters. The average molecular weight is 559 g/mol. The van der Waals surface area contributed by atoms with Gasteiger partial charge in [0.15, 0.2) is 0 Å². The lowest BCUT2D eigenvalue weighted by atomic mass is 10.0. The standard InChI is InChI=1S/C35H25F3N4/c1-20-3-7-22(8-4-20)32-26-13-11-24(39-26)19-25-12-14-27(40-25)33(23-9-5-21(2)6-10-23)29-16-18-31(42-29)34(35(36,37)38)30-17-15-28(32)41-30/h3-19,39-40H,1-2H3. The smallest absolute Gasteiger partial charge is 0.355 e. The zero-order valence-electron chi connectivity index (χ0n) is 22.8. The van der Waals surface area contributed by atoms with Gasteiger partial charge in [-0.05, 0) is 79.6 Å². The summed E-state index contributed by atoms with van der Waals surface area (Å²) >= 11 is 0. The van der Waals surface area contributed by atoms with Crippen LogP contribution in [-0.4, -0.2) is 19.9 Å². The number of rotatable bonds is 2. The summed E-state index contributed by atoms with van der Waals surface area (Å²) in [5.41, 5.74) is 8.16. The second kappa shape index (κ2) is 9.73. The number of aromatic amines is 2. The van der Waals surface area contributed by atoms with Crippen molar-refractivity contribution in [1.29, 1.82) is 0 Å². The van der Waals surface area contributed by atoms with Crippen LogP contribution in [0.15, 0.2) is 78.9 Å². The van der Waals surface area contributed by atoms with Crippen LogP contribution in [-0.2, 0) is 6.18 Å². The number of hydrogen-bond acceptors (Lipinski definition) is 2. The van der Waals surface area contributed by atoms with E-state index in [2.05, 4.69) is 19.9 Å². The third-order valence-electron chi connectivity index (χ3n) is 7.54. The van der Waals surface area contributed by atoms with Crippen LogP contribution in [0.25, 0.3) is 68.6 Å². The summed E-state index contributed by atoms with van der Waals surface area (Å²) in [5.74, 6) is 0. The summed E-state index contributed by atoms with van der Waals surface area (Å²) in [7, 11) is 0. The van der Waals surface area contributed by atoms with Gasteiger partial charge in [0, 0.05) is 33.2 Å². The second-order valence-electron chi connectivity index (χ2n) is 10.6. The molecule has 4 nitrogen and oxygen atoms in total. The number of hydrogen-bond donors (Lipinski definition) is 2. The van der Waals surface area contributed by atoms with Gasteiger partial charge < -0.3 is 9.97 Å². The summed E-state index contributed by atoms with van der Waals surface area (Å²) < 4.78 is 44.1. The first kappa shape index (κ1) is 25.8. The molecule has 0 fully saturated rings. The van der Waals surface area contributed by atoms with Gasteiger partial charge in [-0.15, -0.1) is 0 Å². The fourth-order valence-corrected chi connectivity index (χ4v) is 5.48. The van der Waals surface area contributed by atoms with Crippen molar-refractivity contribution in [1.82, 2.24) is 19.9 Å². The largest absolute Gasteiger partial charge is 0.420 e. The van der Waals surface area contributed by atoms with E-state index in [0.717, 1.165) is 44.3 Å². The van der Waals surface area contributed by atoms with Crippen molar-refractivity contribution in [2.75, 3.05) is 0 Å². The van der Waals surface area contributed by atoms with Gasteiger partial charge in [-0.3, -0.25) is 0 Å². The Kier molecular flexibility index (Phi) is 5.97. The van der Waals surface area contributed by atoms with E-state index in [1.54, 1.807) is 12.2 Å². The quantitative estimate of drug-likeness (QED) is 0.222. The number of fused-ring (bicyclic) bond motifs is 8. The Morgan fingerprint density at radius 3 is 1.33 bits per heavy atom. The van der Waals surface area contributed by atoms with E-state index >= 15 is 0 Å². The molecule has 0 spiro atoms. The molecule has 206 valence electrons. The zero-order valence-corrected chi connectivity index (χ0v) is 22.8. The minimum Gasteiger partial charge on any atom is -0.355 e. The third-order valence-corrected chi connectivity index (χ3v) is 7.54. The molecule has 2 N–H and O–H groups in total. The van der Waals surface area contributed by atoms with Gasteiger partial charge in [0.05, 0.1) is 22.8 Å². The van der Waals surface area contributed by atoms with E-state index < -0.39 is 11.7 Å². The first-order valence-corrected chi connectivity index (χ1v) is 13.6. The molecule has 0 atom stereocenters. The van der Waals surface area contributed by atoms with Crippen molar-refractivity contribution >= 4 is 46.4 Å². The normalized spacial score (nSPS) is 12.7. The molecule has 5 aromatic rings. The molecule has 0 amide bonds. The van der Waals surface area contributed by atoms with Crippen LogP contribution in [0.2, 0.25) is 0 Å². The summed E-state index contributed by atoms with van der Waals surface area (Å²) in [5, 5.41) is 0. The van der Waals surface area contributed by atoms with Crippen molar-refractivity contribution in [2.45, 2.75) is 20.0 Å². The Labute approximate surface area is 240 Å².